The fraction of sp³-hybridized carbons (Fsp3) is 0.417. The minimum atomic E-state index is 0.0300. The van der Waals surface area contributed by atoms with Gasteiger partial charge in [0.1, 0.15) is 0 Å². The van der Waals surface area contributed by atoms with E-state index in [4.69, 9.17) is 11.6 Å². The van der Waals surface area contributed by atoms with E-state index in [1.165, 1.54) is 0 Å². The number of hydrogen-bond donors (Lipinski definition) is 0. The lowest BCUT2D eigenvalue weighted by Gasteiger charge is -2.16. The lowest BCUT2D eigenvalue weighted by atomic mass is 10.1. The highest BCUT2D eigenvalue weighted by Crippen LogP contribution is 2.10. The standard InChI is InChI=1S/C12H16ClNO/c1-9-6-10(2)8-11(7-9)12(15)14(3)5-4-13/h6-8H,4-5H2,1-3H3. The first-order valence-corrected chi connectivity index (χ1v) is 5.48. The molecule has 0 aromatic heterocycles. The summed E-state index contributed by atoms with van der Waals surface area (Å²) >= 11 is 5.60. The molecule has 0 N–H and O–H groups in total. The summed E-state index contributed by atoms with van der Waals surface area (Å²) in [7, 11) is 1.77. The van der Waals surface area contributed by atoms with Gasteiger partial charge in [0.15, 0.2) is 0 Å². The van der Waals surface area contributed by atoms with E-state index in [1.807, 2.05) is 26.0 Å². The highest BCUT2D eigenvalue weighted by molar-refractivity contribution is 6.18. The number of amides is 1. The molecule has 82 valence electrons. The largest absolute Gasteiger partial charge is 0.341 e. The van der Waals surface area contributed by atoms with Gasteiger partial charge in [0.05, 0.1) is 0 Å². The molecule has 0 saturated heterocycles. The summed E-state index contributed by atoms with van der Waals surface area (Å²) in [4.78, 5) is 13.5. The zero-order valence-corrected chi connectivity index (χ0v) is 10.1. The number of halogens is 1. The summed E-state index contributed by atoms with van der Waals surface area (Å²) in [6.45, 7) is 4.56. The van der Waals surface area contributed by atoms with Gasteiger partial charge in [0.25, 0.3) is 5.91 Å². The average Bonchev–Trinajstić information content (AvgIpc) is 2.15. The molecule has 0 aliphatic rings. The van der Waals surface area contributed by atoms with Crippen molar-refractivity contribution >= 4 is 17.5 Å². The van der Waals surface area contributed by atoms with Gasteiger partial charge in [-0.05, 0) is 26.0 Å². The van der Waals surface area contributed by atoms with E-state index in [9.17, 15) is 4.79 Å². The first kappa shape index (κ1) is 12.1. The van der Waals surface area contributed by atoms with Crippen LogP contribution in [0.2, 0.25) is 0 Å². The normalized spacial score (nSPS) is 10.1. The number of nitrogens with zero attached hydrogens (tertiary/aromatic N) is 1. The van der Waals surface area contributed by atoms with E-state index >= 15 is 0 Å². The van der Waals surface area contributed by atoms with Crippen molar-refractivity contribution in [1.29, 1.82) is 0 Å². The van der Waals surface area contributed by atoms with E-state index in [0.29, 0.717) is 12.4 Å². The quantitative estimate of drug-likeness (QED) is 0.725. The van der Waals surface area contributed by atoms with Gasteiger partial charge in [-0.1, -0.05) is 17.2 Å². The van der Waals surface area contributed by atoms with Crippen LogP contribution in [0.4, 0.5) is 0 Å². The maximum absolute atomic E-state index is 11.9. The molecule has 1 aromatic carbocycles. The summed E-state index contributed by atoms with van der Waals surface area (Å²) in [5, 5.41) is 0. The third-order valence-electron chi connectivity index (χ3n) is 2.24. The van der Waals surface area contributed by atoms with E-state index in [0.717, 1.165) is 16.7 Å². The highest BCUT2D eigenvalue weighted by Gasteiger charge is 2.11. The third kappa shape index (κ3) is 3.24. The Bertz CT molecular complexity index is 342. The molecule has 0 spiro atoms. The minimum Gasteiger partial charge on any atom is -0.341 e. The zero-order chi connectivity index (χ0) is 11.4. The number of aryl methyl sites for hydroxylation is 2. The van der Waals surface area contributed by atoms with Gasteiger partial charge in [0.2, 0.25) is 0 Å². The minimum absolute atomic E-state index is 0.0300. The molecule has 0 aliphatic heterocycles. The molecule has 1 aromatic rings. The van der Waals surface area contributed by atoms with Crippen LogP contribution in [0.1, 0.15) is 21.5 Å². The molecule has 15 heavy (non-hydrogen) atoms. The zero-order valence-electron chi connectivity index (χ0n) is 9.38. The summed E-state index contributed by atoms with van der Waals surface area (Å²) in [6, 6.07) is 5.86. The number of benzene rings is 1. The Morgan fingerprint density at radius 1 is 1.27 bits per heavy atom. The molecule has 0 aliphatic carbocycles. The Labute approximate surface area is 95.8 Å². The van der Waals surface area contributed by atoms with Gasteiger partial charge in [-0.25, -0.2) is 0 Å². The second-order valence-electron chi connectivity index (χ2n) is 3.79. The van der Waals surface area contributed by atoms with Gasteiger partial charge in [-0.2, -0.15) is 0 Å². The van der Waals surface area contributed by atoms with Gasteiger partial charge >= 0.3 is 0 Å². The van der Waals surface area contributed by atoms with Gasteiger partial charge in [-0.3, -0.25) is 4.79 Å². The molecule has 0 saturated carbocycles. The number of hydrogen-bond acceptors (Lipinski definition) is 1. The smallest absolute Gasteiger partial charge is 0.253 e. The van der Waals surface area contributed by atoms with Crippen molar-refractivity contribution in [3.05, 3.63) is 34.9 Å². The topological polar surface area (TPSA) is 20.3 Å². The van der Waals surface area contributed by atoms with Crippen LogP contribution >= 0.6 is 11.6 Å². The Kier molecular flexibility index (Phi) is 4.15. The van der Waals surface area contributed by atoms with Crippen LogP contribution < -0.4 is 0 Å². The van der Waals surface area contributed by atoms with Crippen molar-refractivity contribution < 1.29 is 4.79 Å². The van der Waals surface area contributed by atoms with Crippen molar-refractivity contribution in [2.75, 3.05) is 19.5 Å². The first-order chi connectivity index (χ1) is 7.04. The highest BCUT2D eigenvalue weighted by atomic mass is 35.5. The molecule has 0 atom stereocenters. The van der Waals surface area contributed by atoms with Crippen molar-refractivity contribution in [3.63, 3.8) is 0 Å². The van der Waals surface area contributed by atoms with Crippen LogP contribution in [0.3, 0.4) is 0 Å². The molecule has 1 amide bonds. The number of carbonyl (C=O) groups excluding carboxylic acids is 1. The summed E-state index contributed by atoms with van der Waals surface area (Å²) < 4.78 is 0. The molecule has 0 unspecified atom stereocenters. The molecule has 0 fully saturated rings. The van der Waals surface area contributed by atoms with Crippen molar-refractivity contribution in [3.8, 4) is 0 Å². The summed E-state index contributed by atoms with van der Waals surface area (Å²) in [6.07, 6.45) is 0. The fourth-order valence-electron chi connectivity index (χ4n) is 1.55. The van der Waals surface area contributed by atoms with E-state index in [2.05, 4.69) is 6.07 Å². The Hall–Kier alpha value is -1.02. The number of rotatable bonds is 3. The third-order valence-corrected chi connectivity index (χ3v) is 2.40. The summed E-state index contributed by atoms with van der Waals surface area (Å²) in [5.74, 6) is 0.495. The first-order valence-electron chi connectivity index (χ1n) is 4.94. The Morgan fingerprint density at radius 3 is 2.27 bits per heavy atom. The van der Waals surface area contributed by atoms with Crippen molar-refractivity contribution in [2.24, 2.45) is 0 Å². The average molecular weight is 226 g/mol. The van der Waals surface area contributed by atoms with E-state index < -0.39 is 0 Å². The van der Waals surface area contributed by atoms with Crippen molar-refractivity contribution in [1.82, 2.24) is 4.90 Å². The monoisotopic (exact) mass is 225 g/mol. The van der Waals surface area contributed by atoms with E-state index in [1.54, 1.807) is 11.9 Å². The molecule has 3 heteroatoms. The maximum Gasteiger partial charge on any atom is 0.253 e. The Morgan fingerprint density at radius 2 is 1.80 bits per heavy atom. The maximum atomic E-state index is 11.9. The van der Waals surface area contributed by atoms with Crippen LogP contribution in [0.25, 0.3) is 0 Å². The fourth-order valence-corrected chi connectivity index (χ4v) is 1.80. The predicted octanol–water partition coefficient (Wildman–Crippen LogP) is 2.61. The molecular weight excluding hydrogens is 210 g/mol. The van der Waals surface area contributed by atoms with Gasteiger partial charge < -0.3 is 4.90 Å². The van der Waals surface area contributed by atoms with Crippen LogP contribution in [0, 0.1) is 13.8 Å². The molecule has 2 nitrogen and oxygen atoms in total. The number of carbonyl (C=O) groups is 1. The Balaban J connectivity index is 2.90. The van der Waals surface area contributed by atoms with Crippen LogP contribution in [0.5, 0.6) is 0 Å². The SMILES string of the molecule is Cc1cc(C)cc(C(=O)N(C)CCCl)c1. The predicted molar refractivity (Wildman–Crippen MR) is 63.6 cm³/mol. The molecule has 0 radical (unpaired) electrons. The van der Waals surface area contributed by atoms with E-state index in [-0.39, 0.29) is 5.91 Å². The number of alkyl halides is 1. The molecular formula is C12H16ClNO. The second kappa shape index (κ2) is 5.17. The van der Waals surface area contributed by atoms with Crippen molar-refractivity contribution in [2.45, 2.75) is 13.8 Å². The van der Waals surface area contributed by atoms with Gasteiger partial charge in [-0.15, -0.1) is 11.6 Å². The van der Waals surface area contributed by atoms with Crippen LogP contribution in [0.15, 0.2) is 18.2 Å². The second-order valence-corrected chi connectivity index (χ2v) is 4.17. The van der Waals surface area contributed by atoms with Crippen LogP contribution in [-0.4, -0.2) is 30.3 Å². The lowest BCUT2D eigenvalue weighted by Crippen LogP contribution is -2.28. The molecule has 1 rings (SSSR count). The summed E-state index contributed by atoms with van der Waals surface area (Å²) in [5.41, 5.74) is 2.95. The lowest BCUT2D eigenvalue weighted by molar-refractivity contribution is 0.0803. The molecule has 0 heterocycles. The van der Waals surface area contributed by atoms with Crippen LogP contribution in [-0.2, 0) is 0 Å². The molecule has 0 bridgehead atoms. The van der Waals surface area contributed by atoms with Gasteiger partial charge in [0, 0.05) is 25.0 Å².